The Morgan fingerprint density at radius 1 is 0.833 bits per heavy atom. The molecule has 3 heteroatoms. The average molecular weight is 333 g/mol. The maximum Gasteiger partial charge on any atom is 0.242 e. The van der Waals surface area contributed by atoms with Crippen LogP contribution in [0.1, 0.15) is 16.4 Å². The van der Waals surface area contributed by atoms with E-state index in [9.17, 15) is 4.79 Å². The number of aryl methyl sites for hydroxylation is 1. The molecule has 0 aliphatic rings. The van der Waals surface area contributed by atoms with E-state index in [1.54, 1.807) is 11.8 Å². The molecule has 120 valence electrons. The van der Waals surface area contributed by atoms with Crippen LogP contribution in [0.5, 0.6) is 0 Å². The summed E-state index contributed by atoms with van der Waals surface area (Å²) in [5, 5.41) is 2.73. The number of thioether (sulfide) groups is 1. The van der Waals surface area contributed by atoms with Gasteiger partial charge in [-0.05, 0) is 36.8 Å². The first-order chi connectivity index (χ1) is 11.7. The van der Waals surface area contributed by atoms with Crippen molar-refractivity contribution in [2.24, 2.45) is 0 Å². The molecule has 2 nitrogen and oxygen atoms in total. The SMILES string of the molecule is Cc1ccc(NC(=O)[C@@H](Sc2ccccc2)c2ccccc2)cc1. The zero-order valence-electron chi connectivity index (χ0n) is 13.5. The Bertz CT molecular complexity index is 785. The molecule has 0 heterocycles. The van der Waals surface area contributed by atoms with Crippen molar-refractivity contribution in [1.29, 1.82) is 0 Å². The quantitative estimate of drug-likeness (QED) is 0.628. The topological polar surface area (TPSA) is 29.1 Å². The second-order valence-corrected chi connectivity index (χ2v) is 6.76. The van der Waals surface area contributed by atoms with Crippen LogP contribution in [0, 0.1) is 6.92 Å². The van der Waals surface area contributed by atoms with E-state index in [1.807, 2.05) is 91.9 Å². The number of amides is 1. The Morgan fingerprint density at radius 2 is 1.42 bits per heavy atom. The van der Waals surface area contributed by atoms with Crippen LogP contribution in [0.2, 0.25) is 0 Å². The van der Waals surface area contributed by atoms with Gasteiger partial charge in [0, 0.05) is 10.6 Å². The summed E-state index contributed by atoms with van der Waals surface area (Å²) in [5.41, 5.74) is 2.99. The number of hydrogen-bond donors (Lipinski definition) is 1. The standard InChI is InChI=1S/C21H19NOS/c1-16-12-14-18(15-13-16)22-21(23)20(17-8-4-2-5-9-17)24-19-10-6-3-7-11-19/h2-15,20H,1H3,(H,22,23)/t20-/m0/s1. The third kappa shape index (κ3) is 4.27. The molecule has 3 aromatic carbocycles. The number of carbonyl (C=O) groups is 1. The molecule has 1 N–H and O–H groups in total. The van der Waals surface area contributed by atoms with Gasteiger partial charge in [0.25, 0.3) is 0 Å². The van der Waals surface area contributed by atoms with Crippen molar-refractivity contribution in [3.05, 3.63) is 96.1 Å². The summed E-state index contributed by atoms with van der Waals surface area (Å²) < 4.78 is 0. The molecule has 0 aromatic heterocycles. The number of nitrogens with one attached hydrogen (secondary N) is 1. The van der Waals surface area contributed by atoms with Crippen LogP contribution in [0.3, 0.4) is 0 Å². The molecule has 0 unspecified atom stereocenters. The summed E-state index contributed by atoms with van der Waals surface area (Å²) in [4.78, 5) is 13.9. The fraction of sp³-hybridized carbons (Fsp3) is 0.0952. The summed E-state index contributed by atoms with van der Waals surface area (Å²) in [6.45, 7) is 2.03. The van der Waals surface area contributed by atoms with E-state index >= 15 is 0 Å². The zero-order chi connectivity index (χ0) is 16.8. The van der Waals surface area contributed by atoms with Crippen LogP contribution in [0.15, 0.2) is 89.8 Å². The number of rotatable bonds is 5. The van der Waals surface area contributed by atoms with Crippen molar-refractivity contribution in [2.45, 2.75) is 17.1 Å². The van der Waals surface area contributed by atoms with E-state index in [0.717, 1.165) is 16.1 Å². The molecular weight excluding hydrogens is 314 g/mol. The van der Waals surface area contributed by atoms with Crippen LogP contribution in [0.25, 0.3) is 0 Å². The summed E-state index contributed by atoms with van der Waals surface area (Å²) in [5.74, 6) is -0.0149. The van der Waals surface area contributed by atoms with Crippen LogP contribution in [0.4, 0.5) is 5.69 Å². The summed E-state index contributed by atoms with van der Waals surface area (Å²) in [6.07, 6.45) is 0. The molecule has 3 aromatic rings. The van der Waals surface area contributed by atoms with Gasteiger partial charge in [0.2, 0.25) is 5.91 Å². The van der Waals surface area contributed by atoms with Gasteiger partial charge in [0.15, 0.2) is 0 Å². The van der Waals surface area contributed by atoms with Crippen molar-refractivity contribution >= 4 is 23.4 Å². The molecule has 0 saturated carbocycles. The second-order valence-electron chi connectivity index (χ2n) is 5.58. The van der Waals surface area contributed by atoms with Gasteiger partial charge in [-0.2, -0.15) is 0 Å². The van der Waals surface area contributed by atoms with E-state index in [2.05, 4.69) is 5.32 Å². The first kappa shape index (κ1) is 16.3. The average Bonchev–Trinajstić information content (AvgIpc) is 2.63. The molecule has 0 fully saturated rings. The third-order valence-electron chi connectivity index (χ3n) is 3.66. The smallest absolute Gasteiger partial charge is 0.242 e. The Balaban J connectivity index is 1.83. The lowest BCUT2D eigenvalue weighted by atomic mass is 10.1. The molecule has 0 spiro atoms. The maximum atomic E-state index is 12.9. The van der Waals surface area contributed by atoms with Crippen LogP contribution >= 0.6 is 11.8 Å². The molecule has 1 atom stereocenters. The highest BCUT2D eigenvalue weighted by molar-refractivity contribution is 8.00. The minimum atomic E-state index is -0.296. The highest BCUT2D eigenvalue weighted by Gasteiger charge is 2.22. The van der Waals surface area contributed by atoms with Crippen LogP contribution in [-0.2, 0) is 4.79 Å². The van der Waals surface area contributed by atoms with E-state index in [4.69, 9.17) is 0 Å². The lowest BCUT2D eigenvalue weighted by molar-refractivity contribution is -0.115. The Hall–Kier alpha value is -2.52. The largest absolute Gasteiger partial charge is 0.325 e. The maximum absolute atomic E-state index is 12.9. The molecule has 24 heavy (non-hydrogen) atoms. The zero-order valence-corrected chi connectivity index (χ0v) is 14.3. The molecule has 0 radical (unpaired) electrons. The van der Waals surface area contributed by atoms with Gasteiger partial charge in [-0.3, -0.25) is 4.79 Å². The van der Waals surface area contributed by atoms with E-state index < -0.39 is 0 Å². The van der Waals surface area contributed by atoms with Crippen LogP contribution < -0.4 is 5.32 Å². The van der Waals surface area contributed by atoms with Gasteiger partial charge in [-0.15, -0.1) is 11.8 Å². The van der Waals surface area contributed by atoms with Crippen LogP contribution in [-0.4, -0.2) is 5.91 Å². The Kier molecular flexibility index (Phi) is 5.34. The van der Waals surface area contributed by atoms with Crippen molar-refractivity contribution in [3.8, 4) is 0 Å². The van der Waals surface area contributed by atoms with Gasteiger partial charge in [0.1, 0.15) is 5.25 Å². The minimum absolute atomic E-state index is 0.0149. The summed E-state index contributed by atoms with van der Waals surface area (Å²) in [6, 6.07) is 27.8. The lowest BCUT2D eigenvalue weighted by Crippen LogP contribution is -2.19. The van der Waals surface area contributed by atoms with Gasteiger partial charge < -0.3 is 5.32 Å². The Labute approximate surface area is 146 Å². The fourth-order valence-corrected chi connectivity index (χ4v) is 3.43. The summed E-state index contributed by atoms with van der Waals surface area (Å²) >= 11 is 1.56. The van der Waals surface area contributed by atoms with E-state index in [-0.39, 0.29) is 11.2 Å². The van der Waals surface area contributed by atoms with Crippen molar-refractivity contribution < 1.29 is 4.79 Å². The van der Waals surface area contributed by atoms with E-state index in [1.165, 1.54) is 5.56 Å². The molecule has 1 amide bonds. The second kappa shape index (κ2) is 7.84. The molecule has 0 aliphatic carbocycles. The fourth-order valence-electron chi connectivity index (χ4n) is 2.38. The predicted molar refractivity (Wildman–Crippen MR) is 101 cm³/mol. The molecule has 3 rings (SSSR count). The lowest BCUT2D eigenvalue weighted by Gasteiger charge is -2.17. The molecule has 0 bridgehead atoms. The van der Waals surface area contributed by atoms with Gasteiger partial charge >= 0.3 is 0 Å². The number of carbonyl (C=O) groups excluding carboxylic acids is 1. The molecular formula is C21H19NOS. The van der Waals surface area contributed by atoms with Gasteiger partial charge in [0.05, 0.1) is 0 Å². The number of benzene rings is 3. The van der Waals surface area contributed by atoms with E-state index in [0.29, 0.717) is 0 Å². The Morgan fingerprint density at radius 3 is 2.04 bits per heavy atom. The highest BCUT2D eigenvalue weighted by atomic mass is 32.2. The highest BCUT2D eigenvalue weighted by Crippen LogP contribution is 2.36. The molecule has 0 saturated heterocycles. The normalized spacial score (nSPS) is 11.7. The van der Waals surface area contributed by atoms with Crippen molar-refractivity contribution in [1.82, 2.24) is 0 Å². The van der Waals surface area contributed by atoms with Crippen molar-refractivity contribution in [3.63, 3.8) is 0 Å². The molecule has 0 aliphatic heterocycles. The minimum Gasteiger partial charge on any atom is -0.325 e. The number of anilines is 1. The predicted octanol–water partition coefficient (Wildman–Crippen LogP) is 5.47. The third-order valence-corrected chi connectivity index (χ3v) is 4.92. The first-order valence-corrected chi connectivity index (χ1v) is 8.74. The first-order valence-electron chi connectivity index (χ1n) is 7.86. The van der Waals surface area contributed by atoms with Gasteiger partial charge in [-0.25, -0.2) is 0 Å². The summed E-state index contributed by atoms with van der Waals surface area (Å²) in [7, 11) is 0. The monoisotopic (exact) mass is 333 g/mol. The number of hydrogen-bond acceptors (Lipinski definition) is 2. The van der Waals surface area contributed by atoms with Gasteiger partial charge in [-0.1, -0.05) is 66.2 Å². The van der Waals surface area contributed by atoms with Crippen molar-refractivity contribution in [2.75, 3.05) is 5.32 Å².